The molecule has 0 saturated heterocycles. The van der Waals surface area contributed by atoms with Crippen LogP contribution in [0.1, 0.15) is 56.6 Å². The summed E-state index contributed by atoms with van der Waals surface area (Å²) in [5.74, 6) is 0.481. The summed E-state index contributed by atoms with van der Waals surface area (Å²) in [6.45, 7) is 5.09. The van der Waals surface area contributed by atoms with Crippen LogP contribution in [0.3, 0.4) is 0 Å². The van der Waals surface area contributed by atoms with Gasteiger partial charge in [-0.05, 0) is 36.0 Å². The Kier molecular flexibility index (Phi) is 3.79. The van der Waals surface area contributed by atoms with Gasteiger partial charge in [-0.25, -0.2) is 0 Å². The minimum atomic E-state index is 0.194. The van der Waals surface area contributed by atoms with Crippen molar-refractivity contribution in [1.29, 1.82) is 0 Å². The number of nitrogens with two attached hydrogens (primary N) is 1. The van der Waals surface area contributed by atoms with Crippen LogP contribution in [0.5, 0.6) is 0 Å². The van der Waals surface area contributed by atoms with E-state index in [9.17, 15) is 0 Å². The van der Waals surface area contributed by atoms with Crippen molar-refractivity contribution in [1.82, 2.24) is 0 Å². The van der Waals surface area contributed by atoms with Crippen LogP contribution in [0.15, 0.2) is 18.2 Å². The largest absolute Gasteiger partial charge is 0.330 e. The highest BCUT2D eigenvalue weighted by Gasteiger charge is 2.34. The quantitative estimate of drug-likeness (QED) is 0.855. The minimum Gasteiger partial charge on any atom is -0.330 e. The first-order chi connectivity index (χ1) is 8.09. The van der Waals surface area contributed by atoms with Gasteiger partial charge in [0.15, 0.2) is 0 Å². The van der Waals surface area contributed by atoms with E-state index in [4.69, 9.17) is 17.3 Å². The van der Waals surface area contributed by atoms with Gasteiger partial charge in [-0.15, -0.1) is 0 Å². The molecule has 94 valence electrons. The maximum absolute atomic E-state index is 6.38. The van der Waals surface area contributed by atoms with E-state index in [2.05, 4.69) is 32.0 Å². The van der Waals surface area contributed by atoms with E-state index < -0.39 is 0 Å². The Morgan fingerprint density at radius 1 is 1.29 bits per heavy atom. The van der Waals surface area contributed by atoms with Crippen molar-refractivity contribution in [3.63, 3.8) is 0 Å². The van der Waals surface area contributed by atoms with Crippen molar-refractivity contribution in [2.75, 3.05) is 6.54 Å². The minimum absolute atomic E-state index is 0.194. The van der Waals surface area contributed by atoms with Crippen molar-refractivity contribution < 1.29 is 0 Å². The van der Waals surface area contributed by atoms with Crippen LogP contribution in [-0.4, -0.2) is 6.54 Å². The monoisotopic (exact) mass is 251 g/mol. The summed E-state index contributed by atoms with van der Waals surface area (Å²) in [6, 6.07) is 6.56. The third-order valence-electron chi connectivity index (χ3n) is 4.19. The van der Waals surface area contributed by atoms with Gasteiger partial charge >= 0.3 is 0 Å². The zero-order chi connectivity index (χ0) is 12.5. The van der Waals surface area contributed by atoms with Crippen molar-refractivity contribution >= 4 is 11.6 Å². The number of benzene rings is 1. The molecule has 0 spiro atoms. The van der Waals surface area contributed by atoms with Gasteiger partial charge in [0.2, 0.25) is 0 Å². The molecule has 1 aromatic rings. The van der Waals surface area contributed by atoms with Crippen LogP contribution < -0.4 is 5.73 Å². The van der Waals surface area contributed by atoms with Crippen LogP contribution in [0.4, 0.5) is 0 Å². The van der Waals surface area contributed by atoms with Gasteiger partial charge in [0.25, 0.3) is 0 Å². The van der Waals surface area contributed by atoms with E-state index in [0.29, 0.717) is 5.92 Å². The van der Waals surface area contributed by atoms with Crippen LogP contribution >= 0.6 is 11.6 Å². The Morgan fingerprint density at radius 3 is 2.41 bits per heavy atom. The molecule has 0 bridgehead atoms. The van der Waals surface area contributed by atoms with Gasteiger partial charge in [-0.3, -0.25) is 0 Å². The highest BCUT2D eigenvalue weighted by Crippen LogP contribution is 2.41. The second-order valence-electron chi connectivity index (χ2n) is 5.58. The molecule has 0 heterocycles. The van der Waals surface area contributed by atoms with Gasteiger partial charge < -0.3 is 5.73 Å². The molecule has 1 aliphatic rings. The lowest BCUT2D eigenvalue weighted by Crippen LogP contribution is -2.32. The summed E-state index contributed by atoms with van der Waals surface area (Å²) in [6.07, 6.45) is 5.00. The second kappa shape index (κ2) is 4.99. The number of hydrogen-bond donors (Lipinski definition) is 1. The Morgan fingerprint density at radius 2 is 1.94 bits per heavy atom. The molecule has 0 radical (unpaired) electrons. The molecular formula is C15H22ClN. The molecule has 0 aliphatic heterocycles. The zero-order valence-electron chi connectivity index (χ0n) is 10.8. The lowest BCUT2D eigenvalue weighted by atomic mass is 9.78. The molecular weight excluding hydrogens is 230 g/mol. The molecule has 2 N–H and O–H groups in total. The fourth-order valence-corrected chi connectivity index (χ4v) is 3.39. The van der Waals surface area contributed by atoms with E-state index in [-0.39, 0.29) is 5.41 Å². The summed E-state index contributed by atoms with van der Waals surface area (Å²) >= 11 is 6.38. The van der Waals surface area contributed by atoms with E-state index >= 15 is 0 Å². The zero-order valence-corrected chi connectivity index (χ0v) is 11.6. The highest BCUT2D eigenvalue weighted by atomic mass is 35.5. The lowest BCUT2D eigenvalue weighted by molar-refractivity contribution is 0.453. The fourth-order valence-electron chi connectivity index (χ4n) is 2.99. The molecule has 1 aliphatic carbocycles. The number of hydrogen-bond acceptors (Lipinski definition) is 1. The van der Waals surface area contributed by atoms with Crippen molar-refractivity contribution in [2.24, 2.45) is 5.73 Å². The molecule has 0 unspecified atom stereocenters. The van der Waals surface area contributed by atoms with Crippen LogP contribution in [0.25, 0.3) is 0 Å². The fraction of sp³-hybridized carbons (Fsp3) is 0.600. The maximum Gasteiger partial charge on any atom is 0.0443 e. The standard InChI is InChI=1S/C15H22ClN/c1-11(2)13-6-5-12(9-14(13)16)15(10-17)7-3-4-8-15/h5-6,9,11H,3-4,7-8,10,17H2,1-2H3. The number of rotatable bonds is 3. The van der Waals surface area contributed by atoms with Crippen molar-refractivity contribution in [3.8, 4) is 0 Å². The Balaban J connectivity index is 2.36. The molecule has 1 aromatic carbocycles. The molecule has 1 fully saturated rings. The highest BCUT2D eigenvalue weighted by molar-refractivity contribution is 6.31. The van der Waals surface area contributed by atoms with Gasteiger partial charge in [0.1, 0.15) is 0 Å². The summed E-state index contributed by atoms with van der Waals surface area (Å²) in [7, 11) is 0. The Hall–Kier alpha value is -0.530. The predicted octanol–water partition coefficient (Wildman–Crippen LogP) is 4.23. The summed E-state index contributed by atoms with van der Waals surface area (Å²) in [5.41, 5.74) is 8.78. The first kappa shape index (κ1) is 12.9. The van der Waals surface area contributed by atoms with Gasteiger partial charge in [-0.1, -0.05) is 50.4 Å². The van der Waals surface area contributed by atoms with Gasteiger partial charge in [0.05, 0.1) is 0 Å². The molecule has 2 heteroatoms. The second-order valence-corrected chi connectivity index (χ2v) is 5.99. The average Bonchev–Trinajstić information content (AvgIpc) is 2.78. The van der Waals surface area contributed by atoms with Crippen LogP contribution in [0.2, 0.25) is 5.02 Å². The SMILES string of the molecule is CC(C)c1ccc(C2(CN)CCCC2)cc1Cl. The first-order valence-corrected chi connectivity index (χ1v) is 6.97. The molecule has 0 aromatic heterocycles. The third kappa shape index (κ3) is 2.36. The van der Waals surface area contributed by atoms with E-state index in [0.717, 1.165) is 11.6 Å². The van der Waals surface area contributed by atoms with E-state index in [1.165, 1.54) is 36.8 Å². The first-order valence-electron chi connectivity index (χ1n) is 6.59. The predicted molar refractivity (Wildman–Crippen MR) is 74.7 cm³/mol. The molecule has 0 amide bonds. The third-order valence-corrected chi connectivity index (χ3v) is 4.51. The van der Waals surface area contributed by atoms with Crippen LogP contribution in [0, 0.1) is 0 Å². The topological polar surface area (TPSA) is 26.0 Å². The van der Waals surface area contributed by atoms with Gasteiger partial charge in [-0.2, -0.15) is 0 Å². The molecule has 1 saturated carbocycles. The summed E-state index contributed by atoms with van der Waals surface area (Å²) in [5, 5.41) is 0.900. The molecule has 1 nitrogen and oxygen atoms in total. The maximum atomic E-state index is 6.38. The van der Waals surface area contributed by atoms with E-state index in [1.54, 1.807) is 0 Å². The molecule has 17 heavy (non-hydrogen) atoms. The molecule has 2 rings (SSSR count). The Bertz CT molecular complexity index is 392. The smallest absolute Gasteiger partial charge is 0.0443 e. The van der Waals surface area contributed by atoms with E-state index in [1.807, 2.05) is 0 Å². The average molecular weight is 252 g/mol. The summed E-state index contributed by atoms with van der Waals surface area (Å²) in [4.78, 5) is 0. The normalized spacial score (nSPS) is 18.9. The lowest BCUT2D eigenvalue weighted by Gasteiger charge is -2.28. The van der Waals surface area contributed by atoms with Gasteiger partial charge in [0, 0.05) is 17.0 Å². The number of halogens is 1. The van der Waals surface area contributed by atoms with Crippen molar-refractivity contribution in [3.05, 3.63) is 34.3 Å². The molecule has 0 atom stereocenters. The van der Waals surface area contributed by atoms with Crippen molar-refractivity contribution in [2.45, 2.75) is 50.9 Å². The summed E-state index contributed by atoms with van der Waals surface area (Å²) < 4.78 is 0. The Labute approximate surface area is 109 Å². The van der Waals surface area contributed by atoms with Crippen LogP contribution in [-0.2, 0) is 5.41 Å².